The number of nitrogens with zero attached hydrogens (tertiary/aromatic N) is 1. The molecule has 1 N–H and O–H groups in total. The fourth-order valence-electron chi connectivity index (χ4n) is 7.85. The van der Waals surface area contributed by atoms with Crippen LogP contribution in [0.4, 0.5) is 13.2 Å². The van der Waals surface area contributed by atoms with Crippen LogP contribution < -0.4 is 5.32 Å². The molecule has 1 aliphatic heterocycles. The van der Waals surface area contributed by atoms with Gasteiger partial charge in [0.2, 0.25) is 5.91 Å². The van der Waals surface area contributed by atoms with Crippen molar-refractivity contribution in [2.45, 2.75) is 95.8 Å². The Morgan fingerprint density at radius 1 is 0.914 bits per heavy atom. The van der Waals surface area contributed by atoms with Crippen molar-refractivity contribution in [3.8, 4) is 0 Å². The molecule has 0 spiro atoms. The van der Waals surface area contributed by atoms with E-state index in [0.717, 1.165) is 37.6 Å². The van der Waals surface area contributed by atoms with Crippen molar-refractivity contribution < 1.29 is 18.0 Å². The summed E-state index contributed by atoms with van der Waals surface area (Å²) in [6.07, 6.45) is 10.3. The van der Waals surface area contributed by atoms with Crippen LogP contribution in [0.3, 0.4) is 0 Å². The first-order valence-corrected chi connectivity index (χ1v) is 14.1. The monoisotopic (exact) mass is 490 g/mol. The summed E-state index contributed by atoms with van der Waals surface area (Å²) in [6.45, 7) is 2.33. The lowest BCUT2D eigenvalue weighted by Gasteiger charge is -2.37. The van der Waals surface area contributed by atoms with Gasteiger partial charge in [0.1, 0.15) is 0 Å². The van der Waals surface area contributed by atoms with E-state index in [0.29, 0.717) is 36.1 Å². The highest BCUT2D eigenvalue weighted by atomic mass is 19.4. The summed E-state index contributed by atoms with van der Waals surface area (Å²) in [4.78, 5) is 16.1. The number of hydrogen-bond acceptors (Lipinski definition) is 2. The number of halogens is 3. The van der Waals surface area contributed by atoms with E-state index in [1.165, 1.54) is 76.3 Å². The number of fused-ring (bicyclic) bond motifs is 1. The molecule has 4 aliphatic rings. The molecule has 6 heteroatoms. The molecule has 1 aromatic carbocycles. The Morgan fingerprint density at radius 2 is 1.57 bits per heavy atom. The first kappa shape index (κ1) is 25.1. The molecule has 3 nitrogen and oxygen atoms in total. The zero-order valence-electron chi connectivity index (χ0n) is 20.9. The Hall–Kier alpha value is -1.56. The predicted octanol–water partition coefficient (Wildman–Crippen LogP) is 6.81. The lowest BCUT2D eigenvalue weighted by Crippen LogP contribution is -2.47. The second kappa shape index (κ2) is 10.8. The molecule has 0 bridgehead atoms. The summed E-state index contributed by atoms with van der Waals surface area (Å²) in [6, 6.07) is 5.94. The van der Waals surface area contributed by atoms with Gasteiger partial charge in [-0.3, -0.25) is 9.69 Å². The molecule has 0 unspecified atom stereocenters. The van der Waals surface area contributed by atoms with Crippen LogP contribution in [0.15, 0.2) is 24.3 Å². The van der Waals surface area contributed by atoms with Gasteiger partial charge in [-0.2, -0.15) is 13.2 Å². The molecule has 4 fully saturated rings. The molecular weight excluding hydrogens is 449 g/mol. The van der Waals surface area contributed by atoms with Gasteiger partial charge in [0.15, 0.2) is 0 Å². The van der Waals surface area contributed by atoms with Crippen molar-refractivity contribution in [1.82, 2.24) is 10.2 Å². The molecule has 1 aromatic rings. The third kappa shape index (κ3) is 5.89. The van der Waals surface area contributed by atoms with Crippen molar-refractivity contribution in [3.63, 3.8) is 0 Å². The van der Waals surface area contributed by atoms with Crippen molar-refractivity contribution in [2.75, 3.05) is 13.1 Å². The van der Waals surface area contributed by atoms with E-state index in [-0.39, 0.29) is 12.0 Å². The van der Waals surface area contributed by atoms with Crippen molar-refractivity contribution in [3.05, 3.63) is 35.4 Å². The predicted molar refractivity (Wildman–Crippen MR) is 132 cm³/mol. The van der Waals surface area contributed by atoms with E-state index >= 15 is 0 Å². The van der Waals surface area contributed by atoms with Gasteiger partial charge in [0.05, 0.1) is 5.56 Å². The molecule has 1 heterocycles. The number of rotatable bonds is 6. The molecule has 5 rings (SSSR count). The van der Waals surface area contributed by atoms with Crippen LogP contribution in [0.1, 0.15) is 88.2 Å². The fraction of sp³-hybridized carbons (Fsp3) is 0.759. The van der Waals surface area contributed by atoms with Gasteiger partial charge in [0, 0.05) is 31.6 Å². The minimum Gasteiger partial charge on any atom is -0.353 e. The van der Waals surface area contributed by atoms with Crippen molar-refractivity contribution in [2.24, 2.45) is 29.6 Å². The molecule has 3 aliphatic carbocycles. The number of amides is 1. The number of carbonyl (C=O) groups excluding carboxylic acids is 1. The lowest BCUT2D eigenvalue weighted by molar-refractivity contribution is -0.137. The third-order valence-electron chi connectivity index (χ3n) is 9.54. The fourth-order valence-corrected chi connectivity index (χ4v) is 7.85. The Labute approximate surface area is 208 Å². The standard InChI is InChI=1S/C29H41F3N2O/c30-29(31,32)24-13-7-8-20(16-24)17-34-18-23-14-15-26(25(23)19-34)33-28(35)27(21-9-3-1-4-10-21)22-11-5-2-6-12-22/h7-8,13,16,21-23,25-27H,1-6,9-12,14-15,17-19H2,(H,33,35)/t23-,25+,26+/m0/s1. The topological polar surface area (TPSA) is 32.3 Å². The van der Waals surface area contributed by atoms with Gasteiger partial charge in [-0.1, -0.05) is 56.7 Å². The molecule has 1 saturated heterocycles. The molecule has 35 heavy (non-hydrogen) atoms. The average molecular weight is 491 g/mol. The molecular formula is C29H41F3N2O. The number of nitrogens with one attached hydrogen (secondary N) is 1. The first-order valence-electron chi connectivity index (χ1n) is 14.1. The summed E-state index contributed by atoms with van der Waals surface area (Å²) in [5.41, 5.74) is 0.144. The maximum absolute atomic E-state index is 13.8. The zero-order chi connectivity index (χ0) is 24.4. The largest absolute Gasteiger partial charge is 0.416 e. The first-order chi connectivity index (χ1) is 16.9. The van der Waals surface area contributed by atoms with E-state index in [4.69, 9.17) is 0 Å². The summed E-state index contributed by atoms with van der Waals surface area (Å²) in [7, 11) is 0. The highest BCUT2D eigenvalue weighted by Gasteiger charge is 2.45. The molecule has 1 amide bonds. The van der Waals surface area contributed by atoms with Crippen LogP contribution in [0, 0.1) is 29.6 Å². The van der Waals surface area contributed by atoms with Gasteiger partial charge in [-0.05, 0) is 73.8 Å². The number of alkyl halides is 3. The lowest BCUT2D eigenvalue weighted by atomic mass is 9.69. The highest BCUT2D eigenvalue weighted by molar-refractivity contribution is 5.79. The second-order valence-electron chi connectivity index (χ2n) is 11.8. The molecule has 3 atom stereocenters. The molecule has 0 radical (unpaired) electrons. The van der Waals surface area contributed by atoms with Crippen molar-refractivity contribution >= 4 is 5.91 Å². The highest BCUT2D eigenvalue weighted by Crippen LogP contribution is 2.42. The Morgan fingerprint density at radius 3 is 2.20 bits per heavy atom. The Kier molecular flexibility index (Phi) is 7.76. The van der Waals surface area contributed by atoms with E-state index in [1.54, 1.807) is 6.07 Å². The smallest absolute Gasteiger partial charge is 0.353 e. The third-order valence-corrected chi connectivity index (χ3v) is 9.54. The van der Waals surface area contributed by atoms with Crippen LogP contribution in [0.5, 0.6) is 0 Å². The quantitative estimate of drug-likeness (QED) is 0.475. The summed E-state index contributed by atoms with van der Waals surface area (Å²) in [5, 5.41) is 3.54. The number of hydrogen-bond donors (Lipinski definition) is 1. The van der Waals surface area contributed by atoms with E-state index in [1.807, 2.05) is 0 Å². The van der Waals surface area contributed by atoms with Gasteiger partial charge in [0.25, 0.3) is 0 Å². The van der Waals surface area contributed by atoms with Crippen LogP contribution >= 0.6 is 0 Å². The summed E-state index contributed by atoms with van der Waals surface area (Å²) >= 11 is 0. The summed E-state index contributed by atoms with van der Waals surface area (Å²) < 4.78 is 39.4. The van der Waals surface area contributed by atoms with Crippen LogP contribution in [-0.2, 0) is 17.5 Å². The van der Waals surface area contributed by atoms with Gasteiger partial charge >= 0.3 is 6.18 Å². The van der Waals surface area contributed by atoms with E-state index in [9.17, 15) is 18.0 Å². The van der Waals surface area contributed by atoms with Crippen LogP contribution in [-0.4, -0.2) is 29.9 Å². The van der Waals surface area contributed by atoms with Gasteiger partial charge in [-0.15, -0.1) is 0 Å². The number of likely N-dealkylation sites (tertiary alicyclic amines) is 1. The molecule has 0 aromatic heterocycles. The Bertz CT molecular complexity index is 842. The normalized spacial score (nSPS) is 29.0. The number of benzene rings is 1. The van der Waals surface area contributed by atoms with Crippen LogP contribution in [0.25, 0.3) is 0 Å². The van der Waals surface area contributed by atoms with E-state index in [2.05, 4.69) is 10.2 Å². The van der Waals surface area contributed by atoms with Crippen LogP contribution in [0.2, 0.25) is 0 Å². The van der Waals surface area contributed by atoms with Gasteiger partial charge < -0.3 is 5.32 Å². The zero-order valence-corrected chi connectivity index (χ0v) is 20.9. The summed E-state index contributed by atoms with van der Waals surface area (Å²) in [5.74, 6) is 2.54. The minimum absolute atomic E-state index is 0.178. The maximum Gasteiger partial charge on any atom is 0.416 e. The minimum atomic E-state index is -4.31. The van der Waals surface area contributed by atoms with Gasteiger partial charge in [-0.25, -0.2) is 0 Å². The van der Waals surface area contributed by atoms with Crippen molar-refractivity contribution in [1.29, 1.82) is 0 Å². The number of carbonyl (C=O) groups is 1. The second-order valence-corrected chi connectivity index (χ2v) is 11.8. The maximum atomic E-state index is 13.8. The van der Waals surface area contributed by atoms with E-state index < -0.39 is 11.7 Å². The Balaban J connectivity index is 1.21. The molecule has 194 valence electrons. The molecule has 3 saturated carbocycles. The average Bonchev–Trinajstić information content (AvgIpc) is 3.41. The SMILES string of the molecule is O=C(N[C@@H]1CC[C@H]2CN(Cc3cccc(C(F)(F)F)c3)C[C@H]21)C(C1CCCCC1)C1CCCCC1.